The van der Waals surface area contributed by atoms with Crippen LogP contribution in [-0.4, -0.2) is 18.8 Å². The predicted octanol–water partition coefficient (Wildman–Crippen LogP) is 6.15. The summed E-state index contributed by atoms with van der Waals surface area (Å²) in [4.78, 5) is 2.26. The maximum Gasteiger partial charge on any atom is 0.282 e. The van der Waals surface area contributed by atoms with Crippen LogP contribution in [0.2, 0.25) is 19.6 Å². The molecule has 0 aliphatic carbocycles. The summed E-state index contributed by atoms with van der Waals surface area (Å²) in [6.07, 6.45) is 2.03. The van der Waals surface area contributed by atoms with Crippen LogP contribution in [0.3, 0.4) is 0 Å². The van der Waals surface area contributed by atoms with Crippen molar-refractivity contribution in [1.82, 2.24) is 4.90 Å². The topological polar surface area (TPSA) is 21.7 Å². The van der Waals surface area contributed by atoms with Crippen molar-refractivity contribution in [3.8, 4) is 0 Å². The fraction of sp³-hybridized carbons (Fsp3) is 0.391. The first-order chi connectivity index (χ1) is 12.6. The quantitative estimate of drug-likeness (QED) is 0.403. The first kappa shape index (κ1) is 21.1. The number of rotatable bonds is 8. The maximum atomic E-state index is 6.26. The van der Waals surface area contributed by atoms with Gasteiger partial charge in [-0.2, -0.15) is 0 Å². The zero-order chi connectivity index (χ0) is 19.9. The predicted molar refractivity (Wildman–Crippen MR) is 115 cm³/mol. The summed E-state index contributed by atoms with van der Waals surface area (Å²) >= 11 is 0. The van der Waals surface area contributed by atoms with Crippen molar-refractivity contribution in [3.63, 3.8) is 0 Å². The number of hydrogen-bond donors (Lipinski definition) is 0. The van der Waals surface area contributed by atoms with Gasteiger partial charge in [0.05, 0.1) is 6.20 Å². The first-order valence-corrected chi connectivity index (χ1v) is 12.9. The lowest BCUT2D eigenvalue weighted by molar-refractivity contribution is -0.0128. The Bertz CT molecular complexity index is 656. The van der Waals surface area contributed by atoms with E-state index < -0.39 is 8.32 Å². The Kier molecular flexibility index (Phi) is 7.14. The van der Waals surface area contributed by atoms with Crippen molar-refractivity contribution in [2.24, 2.45) is 0 Å². The molecule has 0 atom stereocenters. The Morgan fingerprint density at radius 2 is 1.30 bits per heavy atom. The van der Waals surface area contributed by atoms with E-state index in [2.05, 4.69) is 73.1 Å². The highest BCUT2D eigenvalue weighted by Crippen LogP contribution is 2.21. The van der Waals surface area contributed by atoms with Crippen molar-refractivity contribution in [2.75, 3.05) is 0 Å². The molecule has 0 radical (unpaired) electrons. The van der Waals surface area contributed by atoms with Gasteiger partial charge in [0, 0.05) is 13.1 Å². The van der Waals surface area contributed by atoms with Gasteiger partial charge in [0.2, 0.25) is 8.32 Å². The molecule has 0 saturated carbocycles. The van der Waals surface area contributed by atoms with Crippen LogP contribution in [0, 0.1) is 0 Å². The van der Waals surface area contributed by atoms with Crippen LogP contribution in [0.4, 0.5) is 0 Å². The molecule has 0 aliphatic heterocycles. The van der Waals surface area contributed by atoms with E-state index >= 15 is 0 Å². The van der Waals surface area contributed by atoms with Crippen LogP contribution in [0.1, 0.15) is 31.9 Å². The fourth-order valence-corrected chi connectivity index (χ4v) is 3.31. The molecule has 0 N–H and O–H groups in total. The highest BCUT2D eigenvalue weighted by Gasteiger charge is 2.23. The van der Waals surface area contributed by atoms with Crippen LogP contribution in [0.25, 0.3) is 0 Å². The second-order valence-corrected chi connectivity index (χ2v) is 13.2. The van der Waals surface area contributed by atoms with Crippen molar-refractivity contribution >= 4 is 8.32 Å². The monoisotopic (exact) mass is 383 g/mol. The second kappa shape index (κ2) is 9.13. The maximum absolute atomic E-state index is 6.26. The van der Waals surface area contributed by atoms with Gasteiger partial charge in [-0.3, -0.25) is 0 Å². The molecule has 146 valence electrons. The Morgan fingerprint density at radius 3 is 1.67 bits per heavy atom. The third-order valence-electron chi connectivity index (χ3n) is 3.56. The summed E-state index contributed by atoms with van der Waals surface area (Å²) in [5.74, 6) is 0.605. The Balaban J connectivity index is 2.30. The second-order valence-electron chi connectivity index (χ2n) is 8.75. The minimum Gasteiger partial charge on any atom is -0.519 e. The van der Waals surface area contributed by atoms with Gasteiger partial charge in [0.1, 0.15) is 5.60 Å². The molecule has 3 nitrogen and oxygen atoms in total. The van der Waals surface area contributed by atoms with E-state index in [1.54, 1.807) is 0 Å². The number of benzene rings is 2. The van der Waals surface area contributed by atoms with Gasteiger partial charge >= 0.3 is 0 Å². The summed E-state index contributed by atoms with van der Waals surface area (Å²) in [5, 5.41) is 0. The van der Waals surface area contributed by atoms with E-state index in [-0.39, 0.29) is 5.60 Å². The van der Waals surface area contributed by atoms with Gasteiger partial charge in [0.15, 0.2) is 0 Å². The van der Waals surface area contributed by atoms with Gasteiger partial charge in [-0.05, 0) is 51.5 Å². The van der Waals surface area contributed by atoms with Crippen LogP contribution >= 0.6 is 0 Å². The largest absolute Gasteiger partial charge is 0.519 e. The zero-order valence-electron chi connectivity index (χ0n) is 17.5. The molecule has 0 saturated heterocycles. The molecule has 2 aromatic rings. The van der Waals surface area contributed by atoms with E-state index in [1.807, 2.05) is 39.1 Å². The summed E-state index contributed by atoms with van der Waals surface area (Å²) in [6.45, 7) is 14.2. The summed E-state index contributed by atoms with van der Waals surface area (Å²) in [6, 6.07) is 21.0. The summed E-state index contributed by atoms with van der Waals surface area (Å²) < 4.78 is 12.4. The Morgan fingerprint density at radius 1 is 0.852 bits per heavy atom. The van der Waals surface area contributed by atoms with Gasteiger partial charge in [-0.25, -0.2) is 0 Å². The zero-order valence-corrected chi connectivity index (χ0v) is 18.5. The van der Waals surface area contributed by atoms with Gasteiger partial charge in [-0.1, -0.05) is 60.7 Å². The van der Waals surface area contributed by atoms with E-state index in [1.165, 1.54) is 11.1 Å². The minimum absolute atomic E-state index is 0.309. The Hall–Kier alpha value is -2.20. The molecule has 0 bridgehead atoms. The molecule has 0 aliphatic rings. The van der Waals surface area contributed by atoms with E-state index in [4.69, 9.17) is 9.16 Å². The third kappa shape index (κ3) is 8.82. The van der Waals surface area contributed by atoms with E-state index in [0.717, 1.165) is 13.1 Å². The summed E-state index contributed by atoms with van der Waals surface area (Å²) in [5.41, 5.74) is 2.21. The fourth-order valence-electron chi connectivity index (χ4n) is 2.61. The van der Waals surface area contributed by atoms with Gasteiger partial charge in [-0.15, -0.1) is 0 Å². The lowest BCUT2D eigenvalue weighted by atomic mass is 10.2. The highest BCUT2D eigenvalue weighted by molar-refractivity contribution is 6.70. The van der Waals surface area contributed by atoms with Crippen molar-refractivity contribution in [1.29, 1.82) is 0 Å². The smallest absolute Gasteiger partial charge is 0.282 e. The van der Waals surface area contributed by atoms with Crippen LogP contribution < -0.4 is 0 Å². The molecule has 0 unspecified atom stereocenters. The van der Waals surface area contributed by atoms with Gasteiger partial charge < -0.3 is 14.1 Å². The van der Waals surface area contributed by atoms with Crippen molar-refractivity contribution in [3.05, 3.63) is 83.9 Å². The number of hydrogen-bond acceptors (Lipinski definition) is 3. The minimum atomic E-state index is -1.79. The molecule has 0 amide bonds. The van der Waals surface area contributed by atoms with Crippen molar-refractivity contribution < 1.29 is 9.16 Å². The average molecular weight is 384 g/mol. The highest BCUT2D eigenvalue weighted by atomic mass is 28.4. The first-order valence-electron chi connectivity index (χ1n) is 9.52. The van der Waals surface area contributed by atoms with E-state index in [9.17, 15) is 0 Å². The molecule has 27 heavy (non-hydrogen) atoms. The normalized spacial score (nSPS) is 12.6. The standard InChI is InChI=1S/C23H33NO2Si/c1-23(2,3)25-22(26-27(4,5)6)19-24(17-20-13-9-7-10-14-20)18-21-15-11-8-12-16-21/h7-16,19H,17-18H2,1-6H3/b22-19+. The molecule has 0 aromatic heterocycles. The lowest BCUT2D eigenvalue weighted by Crippen LogP contribution is -2.30. The van der Waals surface area contributed by atoms with Crippen LogP contribution in [0.5, 0.6) is 0 Å². The molecular weight excluding hydrogens is 350 g/mol. The number of ether oxygens (including phenoxy) is 1. The molecule has 0 fully saturated rings. The molecule has 0 heterocycles. The SMILES string of the molecule is CC(C)(C)O/C(=C\N(Cc1ccccc1)Cc1ccccc1)O[Si](C)(C)C. The summed E-state index contributed by atoms with van der Waals surface area (Å²) in [7, 11) is -1.79. The van der Waals surface area contributed by atoms with Gasteiger partial charge in [0.25, 0.3) is 5.95 Å². The van der Waals surface area contributed by atoms with Crippen LogP contribution in [-0.2, 0) is 22.3 Å². The Labute approximate surface area is 165 Å². The molecule has 0 spiro atoms. The van der Waals surface area contributed by atoms with Crippen LogP contribution in [0.15, 0.2) is 72.8 Å². The van der Waals surface area contributed by atoms with E-state index in [0.29, 0.717) is 5.95 Å². The third-order valence-corrected chi connectivity index (χ3v) is 4.37. The molecular formula is C23H33NO2Si. The average Bonchev–Trinajstić information content (AvgIpc) is 2.53. The molecule has 4 heteroatoms. The lowest BCUT2D eigenvalue weighted by Gasteiger charge is -2.30. The molecule has 2 aromatic carbocycles. The number of nitrogens with zero attached hydrogens (tertiary/aromatic N) is 1. The molecule has 2 rings (SSSR count). The van der Waals surface area contributed by atoms with Crippen molar-refractivity contribution in [2.45, 2.75) is 59.1 Å².